The summed E-state index contributed by atoms with van der Waals surface area (Å²) in [6, 6.07) is 3.49. The van der Waals surface area contributed by atoms with Crippen molar-refractivity contribution in [3.05, 3.63) is 24.7 Å². The van der Waals surface area contributed by atoms with E-state index in [0.29, 0.717) is 11.7 Å². The van der Waals surface area contributed by atoms with E-state index in [2.05, 4.69) is 21.0 Å². The SMILES string of the molecule is [K+].[c-]1noc(-c2ccco2)n1. The summed E-state index contributed by atoms with van der Waals surface area (Å²) in [6.07, 6.45) is 3.83. The Kier molecular flexibility index (Phi) is 3.47. The van der Waals surface area contributed by atoms with Gasteiger partial charge in [0.15, 0.2) is 0 Å². The smallest absolute Gasteiger partial charge is 0.478 e. The van der Waals surface area contributed by atoms with E-state index in [-0.39, 0.29) is 51.4 Å². The van der Waals surface area contributed by atoms with Gasteiger partial charge in [0, 0.05) is 0 Å². The summed E-state index contributed by atoms with van der Waals surface area (Å²) < 4.78 is 9.63. The topological polar surface area (TPSA) is 52.1 Å². The maximum absolute atomic E-state index is 4.96. The van der Waals surface area contributed by atoms with Gasteiger partial charge in [0.25, 0.3) is 0 Å². The van der Waals surface area contributed by atoms with Gasteiger partial charge in [-0.1, -0.05) is 0 Å². The van der Waals surface area contributed by atoms with Gasteiger partial charge >= 0.3 is 51.4 Å². The molecule has 2 rings (SSSR count). The monoisotopic (exact) mass is 174 g/mol. The molecule has 0 aliphatic carbocycles. The van der Waals surface area contributed by atoms with E-state index in [1.807, 2.05) is 0 Å². The van der Waals surface area contributed by atoms with Crippen molar-refractivity contribution in [1.29, 1.82) is 0 Å². The van der Waals surface area contributed by atoms with E-state index in [0.717, 1.165) is 0 Å². The van der Waals surface area contributed by atoms with Crippen molar-refractivity contribution in [2.45, 2.75) is 0 Å². The molecule has 0 saturated carbocycles. The van der Waals surface area contributed by atoms with Crippen molar-refractivity contribution >= 4 is 0 Å². The van der Waals surface area contributed by atoms with Crippen LogP contribution in [0.4, 0.5) is 0 Å². The molecule has 11 heavy (non-hydrogen) atoms. The molecule has 0 saturated heterocycles. The zero-order chi connectivity index (χ0) is 6.81. The molecule has 0 aliphatic heterocycles. The van der Waals surface area contributed by atoms with E-state index >= 15 is 0 Å². The molecule has 0 fully saturated rings. The molecule has 2 aromatic rings. The second-order valence-corrected chi connectivity index (χ2v) is 1.68. The van der Waals surface area contributed by atoms with Crippen LogP contribution in [0.1, 0.15) is 0 Å². The summed E-state index contributed by atoms with van der Waals surface area (Å²) in [6.45, 7) is 0. The van der Waals surface area contributed by atoms with Gasteiger partial charge in [-0.15, -0.1) is 0 Å². The Morgan fingerprint density at radius 1 is 1.45 bits per heavy atom. The number of aromatic nitrogens is 2. The Morgan fingerprint density at radius 3 is 2.91 bits per heavy atom. The van der Waals surface area contributed by atoms with Gasteiger partial charge in [-0.25, -0.2) is 0 Å². The first-order valence-corrected chi connectivity index (χ1v) is 2.70. The summed E-state index contributed by atoms with van der Waals surface area (Å²) in [7, 11) is 0. The van der Waals surface area contributed by atoms with Crippen molar-refractivity contribution < 1.29 is 60.3 Å². The van der Waals surface area contributed by atoms with Crippen molar-refractivity contribution in [2.75, 3.05) is 0 Å². The summed E-state index contributed by atoms with van der Waals surface area (Å²) in [4.78, 5) is 3.66. The van der Waals surface area contributed by atoms with Gasteiger partial charge in [-0.3, -0.25) is 0 Å². The Balaban J connectivity index is 0.000000605. The number of furan rings is 1. The van der Waals surface area contributed by atoms with Gasteiger partial charge in [0.2, 0.25) is 0 Å². The molecule has 4 nitrogen and oxygen atoms in total. The minimum Gasteiger partial charge on any atom is -0.478 e. The molecular formula is C6H3KN2O2. The maximum Gasteiger partial charge on any atom is 1.00 e. The van der Waals surface area contributed by atoms with E-state index < -0.39 is 0 Å². The number of nitrogens with zero attached hydrogens (tertiary/aromatic N) is 2. The molecular weight excluding hydrogens is 171 g/mol. The van der Waals surface area contributed by atoms with Gasteiger partial charge in [0.05, 0.1) is 6.26 Å². The molecule has 50 valence electrons. The molecule has 2 heterocycles. The normalized spacial score (nSPS) is 9.09. The molecule has 0 aromatic carbocycles. The fourth-order valence-electron chi connectivity index (χ4n) is 0.650. The van der Waals surface area contributed by atoms with Crippen LogP contribution >= 0.6 is 0 Å². The number of hydrogen-bond donors (Lipinski definition) is 0. The van der Waals surface area contributed by atoms with Crippen LogP contribution in [0.15, 0.2) is 27.3 Å². The van der Waals surface area contributed by atoms with Crippen molar-refractivity contribution in [3.63, 3.8) is 0 Å². The maximum atomic E-state index is 4.96. The van der Waals surface area contributed by atoms with Crippen LogP contribution in [-0.4, -0.2) is 10.1 Å². The van der Waals surface area contributed by atoms with Crippen LogP contribution in [0.2, 0.25) is 0 Å². The second-order valence-electron chi connectivity index (χ2n) is 1.68. The molecule has 0 bridgehead atoms. The van der Waals surface area contributed by atoms with Gasteiger partial charge in [-0.05, 0) is 18.5 Å². The van der Waals surface area contributed by atoms with Crippen LogP contribution < -0.4 is 51.4 Å². The predicted octanol–water partition coefficient (Wildman–Crippen LogP) is -1.87. The third-order valence-corrected chi connectivity index (χ3v) is 1.06. The van der Waals surface area contributed by atoms with E-state index in [4.69, 9.17) is 4.42 Å². The second kappa shape index (κ2) is 4.17. The third kappa shape index (κ3) is 2.00. The minimum absolute atomic E-state index is 0. The molecule has 2 aromatic heterocycles. The summed E-state index contributed by atoms with van der Waals surface area (Å²) in [5.74, 6) is 0.916. The van der Waals surface area contributed by atoms with Crippen molar-refractivity contribution in [2.24, 2.45) is 0 Å². The number of hydrogen-bond acceptors (Lipinski definition) is 4. The first-order chi connectivity index (χ1) is 4.97. The first kappa shape index (κ1) is 9.15. The molecule has 0 atom stereocenters. The third-order valence-electron chi connectivity index (χ3n) is 1.06. The first-order valence-electron chi connectivity index (χ1n) is 2.70. The van der Waals surface area contributed by atoms with Crippen molar-refractivity contribution in [1.82, 2.24) is 10.1 Å². The molecule has 0 spiro atoms. The predicted molar refractivity (Wildman–Crippen MR) is 30.8 cm³/mol. The van der Waals surface area contributed by atoms with E-state index in [9.17, 15) is 0 Å². The number of rotatable bonds is 1. The average Bonchev–Trinajstić information content (AvgIpc) is 2.59. The zero-order valence-electron chi connectivity index (χ0n) is 5.94. The fourth-order valence-corrected chi connectivity index (χ4v) is 0.650. The molecule has 0 unspecified atom stereocenters. The average molecular weight is 174 g/mol. The van der Waals surface area contributed by atoms with Crippen LogP contribution in [0, 0.1) is 6.33 Å². The van der Waals surface area contributed by atoms with Gasteiger partial charge in [0.1, 0.15) is 11.7 Å². The summed E-state index contributed by atoms with van der Waals surface area (Å²) in [5, 5.41) is 3.31. The fraction of sp³-hybridized carbons (Fsp3) is 0. The van der Waals surface area contributed by atoms with E-state index in [1.54, 1.807) is 18.4 Å². The van der Waals surface area contributed by atoms with E-state index in [1.165, 1.54) is 0 Å². The molecule has 5 heteroatoms. The molecule has 0 aliphatic rings. The van der Waals surface area contributed by atoms with Gasteiger partial charge in [-0.2, -0.15) is 5.16 Å². The van der Waals surface area contributed by atoms with Crippen LogP contribution in [-0.2, 0) is 0 Å². The Labute approximate surface area is 105 Å². The Bertz CT molecular complexity index is 258. The molecule has 0 N–H and O–H groups in total. The van der Waals surface area contributed by atoms with Crippen LogP contribution in [0.5, 0.6) is 0 Å². The largest absolute Gasteiger partial charge is 1.00 e. The summed E-state index contributed by atoms with van der Waals surface area (Å²) in [5.41, 5.74) is 0. The summed E-state index contributed by atoms with van der Waals surface area (Å²) >= 11 is 0. The Morgan fingerprint density at radius 2 is 2.36 bits per heavy atom. The van der Waals surface area contributed by atoms with Crippen LogP contribution in [0.3, 0.4) is 0 Å². The van der Waals surface area contributed by atoms with Crippen molar-refractivity contribution in [3.8, 4) is 11.7 Å². The minimum atomic E-state index is 0. The van der Waals surface area contributed by atoms with Gasteiger partial charge < -0.3 is 13.9 Å². The molecule has 0 radical (unpaired) electrons. The standard InChI is InChI=1S/C6H3N2O2.K/c1-2-5(9-3-1)6-7-4-8-10-6;/h1-3H;/q-1;+1. The quantitative estimate of drug-likeness (QED) is 0.375. The zero-order valence-corrected chi connectivity index (χ0v) is 9.07. The van der Waals surface area contributed by atoms with Crippen LogP contribution in [0.25, 0.3) is 11.7 Å². The molecule has 0 amide bonds. The Hall–Kier alpha value is 0.0564.